The average Bonchev–Trinajstić information content (AvgIpc) is 3.59. The van der Waals surface area contributed by atoms with Crippen molar-refractivity contribution in [1.82, 2.24) is 29.0 Å². The third-order valence-electron chi connectivity index (χ3n) is 5.77. The first-order valence-corrected chi connectivity index (χ1v) is 11.6. The van der Waals surface area contributed by atoms with Crippen molar-refractivity contribution in [3.63, 3.8) is 0 Å². The van der Waals surface area contributed by atoms with Gasteiger partial charge in [-0.1, -0.05) is 5.92 Å². The van der Waals surface area contributed by atoms with E-state index in [1.54, 1.807) is 52.2 Å². The number of benzene rings is 1. The Labute approximate surface area is 203 Å². The Morgan fingerprint density at radius 2 is 2.00 bits per heavy atom. The van der Waals surface area contributed by atoms with E-state index in [0.29, 0.717) is 47.1 Å². The number of imidazole rings is 1. The monoisotopic (exact) mass is 488 g/mol. The second kappa shape index (κ2) is 9.03. The van der Waals surface area contributed by atoms with Gasteiger partial charge in [-0.25, -0.2) is 19.7 Å². The third-order valence-corrected chi connectivity index (χ3v) is 6.46. The van der Waals surface area contributed by atoms with Crippen molar-refractivity contribution in [2.75, 3.05) is 24.1 Å². The van der Waals surface area contributed by atoms with E-state index >= 15 is 0 Å². The molecule has 5 rings (SSSR count). The van der Waals surface area contributed by atoms with Gasteiger partial charge in [-0.3, -0.25) is 24.0 Å². The van der Waals surface area contributed by atoms with Crippen LogP contribution < -0.4 is 16.7 Å². The van der Waals surface area contributed by atoms with Crippen LogP contribution in [0.3, 0.4) is 0 Å². The molecule has 0 aliphatic carbocycles. The van der Waals surface area contributed by atoms with Crippen molar-refractivity contribution in [2.24, 2.45) is 0 Å². The summed E-state index contributed by atoms with van der Waals surface area (Å²) >= 11 is 1.32. The van der Waals surface area contributed by atoms with Crippen LogP contribution >= 0.6 is 11.3 Å². The summed E-state index contributed by atoms with van der Waals surface area (Å²) in [6.45, 7) is 2.43. The lowest BCUT2D eigenvalue weighted by atomic mass is 10.2. The quantitative estimate of drug-likeness (QED) is 0.416. The highest BCUT2D eigenvalue weighted by molar-refractivity contribution is 7.13. The maximum Gasteiger partial charge on any atom is 0.335 e. The molecule has 1 aliphatic rings. The van der Waals surface area contributed by atoms with Gasteiger partial charge in [-0.15, -0.1) is 11.3 Å². The van der Waals surface area contributed by atoms with Crippen molar-refractivity contribution in [2.45, 2.75) is 19.4 Å². The molecule has 1 aliphatic heterocycles. The second-order valence-corrected chi connectivity index (χ2v) is 8.72. The molecule has 0 spiro atoms. The van der Waals surface area contributed by atoms with Crippen LogP contribution in [0.15, 0.2) is 47.0 Å². The number of carbonyl (C=O) groups is 2. The van der Waals surface area contributed by atoms with Gasteiger partial charge in [0.15, 0.2) is 16.6 Å². The highest BCUT2D eigenvalue weighted by Crippen LogP contribution is 2.27. The van der Waals surface area contributed by atoms with E-state index in [-0.39, 0.29) is 29.4 Å². The van der Waals surface area contributed by atoms with Crippen molar-refractivity contribution in [1.29, 1.82) is 0 Å². The molecule has 1 fully saturated rings. The van der Waals surface area contributed by atoms with Gasteiger partial charge in [0.1, 0.15) is 11.8 Å². The van der Waals surface area contributed by atoms with Gasteiger partial charge < -0.3 is 10.6 Å². The summed E-state index contributed by atoms with van der Waals surface area (Å²) in [6, 6.07) is 6.28. The molecule has 4 aromatic rings. The number of carbonyl (C=O) groups excluding carboxylic acids is 2. The molecular weight excluding hydrogens is 468 g/mol. The molecule has 0 bridgehead atoms. The number of anilines is 2. The summed E-state index contributed by atoms with van der Waals surface area (Å²) in [5.41, 5.74) is 7.49. The minimum atomic E-state index is -0.354. The summed E-state index contributed by atoms with van der Waals surface area (Å²) < 4.78 is 2.99. The standard InChI is InChI=1S/C23H20N8O3S/c1-2-3-17(32)29-10-8-16(12-29)31-20-18(19(24)26-13-27-20)30(23(31)34)15-6-4-14(5-7-15)21(33)28-22-25-9-11-35-22/h4-7,9,11,13,16H,8,10,12H2,1H3,(H2,24,26,27)(H,25,28,33). The van der Waals surface area contributed by atoms with Gasteiger partial charge in [0, 0.05) is 30.2 Å². The minimum absolute atomic E-state index is 0.152. The number of fused-ring (bicyclic) bond motifs is 1. The topological polar surface area (TPSA) is 141 Å². The van der Waals surface area contributed by atoms with Gasteiger partial charge in [0.05, 0.1) is 11.7 Å². The first-order chi connectivity index (χ1) is 17.0. The van der Waals surface area contributed by atoms with Crippen LogP contribution in [-0.4, -0.2) is 53.9 Å². The van der Waals surface area contributed by atoms with Crippen LogP contribution in [0.1, 0.15) is 29.7 Å². The number of nitrogens with zero attached hydrogens (tertiary/aromatic N) is 6. The molecule has 1 atom stereocenters. The van der Waals surface area contributed by atoms with E-state index in [1.807, 2.05) is 0 Å². The maximum absolute atomic E-state index is 13.6. The number of amides is 2. The molecule has 35 heavy (non-hydrogen) atoms. The molecule has 11 nitrogen and oxygen atoms in total. The Morgan fingerprint density at radius 3 is 2.71 bits per heavy atom. The van der Waals surface area contributed by atoms with E-state index < -0.39 is 0 Å². The van der Waals surface area contributed by atoms with E-state index in [1.165, 1.54) is 22.2 Å². The minimum Gasteiger partial charge on any atom is -0.382 e. The van der Waals surface area contributed by atoms with Crippen LogP contribution in [0.5, 0.6) is 0 Å². The smallest absolute Gasteiger partial charge is 0.335 e. The predicted octanol–water partition coefficient (Wildman–Crippen LogP) is 1.67. The number of thiazole rings is 1. The van der Waals surface area contributed by atoms with Crippen LogP contribution in [0, 0.1) is 11.8 Å². The SMILES string of the molecule is CC#CC(=O)N1CCC(n2c(=O)n(-c3ccc(C(=O)Nc4nccs4)cc3)c3c(N)ncnc32)C1. The molecule has 4 heterocycles. The highest BCUT2D eigenvalue weighted by Gasteiger charge is 2.31. The third kappa shape index (κ3) is 4.02. The van der Waals surface area contributed by atoms with Gasteiger partial charge in [0.25, 0.3) is 11.8 Å². The van der Waals surface area contributed by atoms with Crippen molar-refractivity contribution in [3.05, 3.63) is 58.2 Å². The van der Waals surface area contributed by atoms with Crippen LogP contribution in [-0.2, 0) is 4.79 Å². The van der Waals surface area contributed by atoms with Gasteiger partial charge in [-0.2, -0.15) is 0 Å². The molecule has 1 unspecified atom stereocenters. The Balaban J connectivity index is 1.52. The summed E-state index contributed by atoms with van der Waals surface area (Å²) in [5, 5.41) is 4.99. The van der Waals surface area contributed by atoms with Crippen LogP contribution in [0.2, 0.25) is 0 Å². The van der Waals surface area contributed by atoms with Crippen molar-refractivity contribution >= 4 is 45.3 Å². The number of likely N-dealkylation sites (tertiary alicyclic amines) is 1. The fourth-order valence-corrected chi connectivity index (χ4v) is 4.70. The molecule has 3 N–H and O–H groups in total. The predicted molar refractivity (Wildman–Crippen MR) is 131 cm³/mol. The lowest BCUT2D eigenvalue weighted by Gasteiger charge is -2.14. The lowest BCUT2D eigenvalue weighted by Crippen LogP contribution is -2.31. The fourth-order valence-electron chi connectivity index (χ4n) is 4.18. The second-order valence-electron chi connectivity index (χ2n) is 7.83. The number of nitrogen functional groups attached to an aromatic ring is 1. The summed E-state index contributed by atoms with van der Waals surface area (Å²) in [7, 11) is 0. The van der Waals surface area contributed by atoms with Crippen LogP contribution in [0.4, 0.5) is 10.9 Å². The Hall–Kier alpha value is -4.50. The number of rotatable bonds is 4. The maximum atomic E-state index is 13.6. The van der Waals surface area contributed by atoms with Gasteiger partial charge in [-0.05, 0) is 43.5 Å². The molecule has 2 amide bonds. The molecule has 3 aromatic heterocycles. The molecule has 12 heteroatoms. The summed E-state index contributed by atoms with van der Waals surface area (Å²) in [6.07, 6.45) is 3.50. The Morgan fingerprint density at radius 1 is 1.20 bits per heavy atom. The van der Waals surface area contributed by atoms with Crippen molar-refractivity contribution < 1.29 is 9.59 Å². The normalized spacial score (nSPS) is 15.1. The molecule has 1 saturated heterocycles. The van der Waals surface area contributed by atoms with E-state index in [2.05, 4.69) is 32.1 Å². The van der Waals surface area contributed by atoms with Crippen molar-refractivity contribution in [3.8, 4) is 17.5 Å². The number of aromatic nitrogens is 5. The van der Waals surface area contributed by atoms with Gasteiger partial charge >= 0.3 is 5.69 Å². The zero-order valence-electron chi connectivity index (χ0n) is 18.6. The zero-order valence-corrected chi connectivity index (χ0v) is 19.5. The molecule has 176 valence electrons. The number of nitrogens with one attached hydrogen (secondary N) is 1. The van der Waals surface area contributed by atoms with Crippen LogP contribution in [0.25, 0.3) is 16.9 Å². The first kappa shape index (κ1) is 22.3. The van der Waals surface area contributed by atoms with E-state index in [0.717, 1.165) is 0 Å². The molecule has 0 radical (unpaired) electrons. The first-order valence-electron chi connectivity index (χ1n) is 10.7. The lowest BCUT2D eigenvalue weighted by molar-refractivity contribution is -0.124. The number of hydrogen-bond acceptors (Lipinski definition) is 8. The molecular formula is C23H20N8O3S. The Bertz CT molecular complexity index is 1540. The highest BCUT2D eigenvalue weighted by atomic mass is 32.1. The summed E-state index contributed by atoms with van der Waals surface area (Å²) in [4.78, 5) is 52.4. The Kier molecular flexibility index (Phi) is 5.76. The van der Waals surface area contributed by atoms with E-state index in [9.17, 15) is 14.4 Å². The number of nitrogens with two attached hydrogens (primary N) is 1. The molecule has 0 saturated carbocycles. The largest absolute Gasteiger partial charge is 0.382 e. The zero-order chi connectivity index (χ0) is 24.5. The average molecular weight is 489 g/mol. The number of hydrogen-bond donors (Lipinski definition) is 2. The van der Waals surface area contributed by atoms with E-state index in [4.69, 9.17) is 5.73 Å². The molecule has 1 aromatic carbocycles. The van der Waals surface area contributed by atoms with Gasteiger partial charge in [0.2, 0.25) is 0 Å². The fraction of sp³-hybridized carbons (Fsp3) is 0.217. The summed E-state index contributed by atoms with van der Waals surface area (Å²) in [5.74, 6) is 4.73.